The van der Waals surface area contributed by atoms with Crippen LogP contribution in [0, 0.1) is 5.92 Å². The van der Waals surface area contributed by atoms with Gasteiger partial charge in [0.2, 0.25) is 5.91 Å². The predicted molar refractivity (Wildman–Crippen MR) is 72.4 cm³/mol. The Hall–Kier alpha value is -2.09. The third kappa shape index (κ3) is 4.45. The van der Waals surface area contributed by atoms with Crippen molar-refractivity contribution in [3.05, 3.63) is 29.8 Å². The van der Waals surface area contributed by atoms with Crippen LogP contribution in [0.2, 0.25) is 0 Å². The highest BCUT2D eigenvalue weighted by Gasteiger charge is 2.29. The summed E-state index contributed by atoms with van der Waals surface area (Å²) in [7, 11) is 0. The first-order valence-electron chi connectivity index (χ1n) is 6.69. The molecule has 1 aromatic rings. The second-order valence-corrected chi connectivity index (χ2v) is 4.89. The van der Waals surface area contributed by atoms with Crippen LogP contribution in [0.5, 0.6) is 0 Å². The zero-order chi connectivity index (χ0) is 16.2. The van der Waals surface area contributed by atoms with Crippen LogP contribution >= 0.6 is 0 Å². The fourth-order valence-corrected chi connectivity index (χ4v) is 2.04. The first kappa shape index (κ1) is 16.3. The maximum atomic E-state index is 12.1. The van der Waals surface area contributed by atoms with Gasteiger partial charge in [0.05, 0.1) is 23.8 Å². The van der Waals surface area contributed by atoms with Gasteiger partial charge in [-0.05, 0) is 18.6 Å². The van der Waals surface area contributed by atoms with Gasteiger partial charge < -0.3 is 15.4 Å². The number of carbonyl (C=O) groups is 2. The van der Waals surface area contributed by atoms with Crippen LogP contribution in [-0.2, 0) is 9.53 Å². The van der Waals surface area contributed by atoms with E-state index in [-0.39, 0.29) is 23.1 Å². The highest BCUT2D eigenvalue weighted by atomic mass is 19.4. The van der Waals surface area contributed by atoms with Crippen LogP contribution in [0.25, 0.3) is 0 Å². The molecule has 2 N–H and O–H groups in total. The van der Waals surface area contributed by atoms with Gasteiger partial charge in [0, 0.05) is 6.61 Å². The smallest absolute Gasteiger partial charge is 0.381 e. The van der Waals surface area contributed by atoms with Crippen molar-refractivity contribution in [2.45, 2.75) is 12.6 Å². The van der Waals surface area contributed by atoms with E-state index in [1.807, 2.05) is 0 Å². The molecule has 1 aromatic carbocycles. The van der Waals surface area contributed by atoms with Crippen molar-refractivity contribution >= 4 is 17.5 Å². The van der Waals surface area contributed by atoms with Gasteiger partial charge in [-0.25, -0.2) is 0 Å². The van der Waals surface area contributed by atoms with Gasteiger partial charge >= 0.3 is 6.18 Å². The van der Waals surface area contributed by atoms with Gasteiger partial charge in [-0.3, -0.25) is 9.59 Å². The number of rotatable bonds is 4. The number of benzene rings is 1. The van der Waals surface area contributed by atoms with E-state index >= 15 is 0 Å². The van der Waals surface area contributed by atoms with Crippen molar-refractivity contribution < 1.29 is 27.5 Å². The SMILES string of the molecule is O=C(NCC(F)(F)F)c1ccccc1NC(=O)[C@@H]1CCOC1. The second kappa shape index (κ2) is 6.78. The molecule has 1 aliphatic rings. The average Bonchev–Trinajstić information content (AvgIpc) is 2.99. The normalized spacial score (nSPS) is 18.0. The first-order valence-corrected chi connectivity index (χ1v) is 6.69. The maximum absolute atomic E-state index is 12.1. The summed E-state index contributed by atoms with van der Waals surface area (Å²) >= 11 is 0. The summed E-state index contributed by atoms with van der Waals surface area (Å²) in [5.41, 5.74) is 0.165. The van der Waals surface area contributed by atoms with Crippen LogP contribution in [0.15, 0.2) is 24.3 Å². The molecule has 0 aromatic heterocycles. The quantitative estimate of drug-likeness (QED) is 0.892. The number of para-hydroxylation sites is 1. The third-order valence-electron chi connectivity index (χ3n) is 3.18. The highest BCUT2D eigenvalue weighted by molar-refractivity contribution is 6.04. The summed E-state index contributed by atoms with van der Waals surface area (Å²) < 4.78 is 41.5. The molecule has 5 nitrogen and oxygen atoms in total. The number of carbonyl (C=O) groups excluding carboxylic acids is 2. The number of nitrogens with one attached hydrogen (secondary N) is 2. The molecule has 0 saturated carbocycles. The zero-order valence-electron chi connectivity index (χ0n) is 11.6. The monoisotopic (exact) mass is 316 g/mol. The average molecular weight is 316 g/mol. The molecule has 0 spiro atoms. The molecule has 0 radical (unpaired) electrons. The minimum Gasteiger partial charge on any atom is -0.381 e. The minimum atomic E-state index is -4.49. The molecule has 8 heteroatoms. The van der Waals surface area contributed by atoms with Crippen molar-refractivity contribution in [2.75, 3.05) is 25.1 Å². The fraction of sp³-hybridized carbons (Fsp3) is 0.429. The zero-order valence-corrected chi connectivity index (χ0v) is 11.6. The van der Waals surface area contributed by atoms with Gasteiger partial charge in [0.15, 0.2) is 0 Å². The molecule has 1 fully saturated rings. The Balaban J connectivity index is 2.05. The summed E-state index contributed by atoms with van der Waals surface area (Å²) in [4.78, 5) is 23.8. The van der Waals surface area contributed by atoms with Crippen LogP contribution in [0.1, 0.15) is 16.8 Å². The summed E-state index contributed by atoms with van der Waals surface area (Å²) in [5, 5.41) is 4.35. The Morgan fingerprint density at radius 2 is 2.00 bits per heavy atom. The van der Waals surface area contributed by atoms with E-state index in [0.717, 1.165) is 0 Å². The van der Waals surface area contributed by atoms with Crippen molar-refractivity contribution in [1.29, 1.82) is 0 Å². The molecule has 22 heavy (non-hydrogen) atoms. The van der Waals surface area contributed by atoms with Gasteiger partial charge in [0.1, 0.15) is 6.54 Å². The van der Waals surface area contributed by atoms with E-state index in [1.54, 1.807) is 11.4 Å². The molecule has 2 amide bonds. The number of halogens is 3. The lowest BCUT2D eigenvalue weighted by Crippen LogP contribution is -2.34. The van der Waals surface area contributed by atoms with E-state index in [1.165, 1.54) is 18.2 Å². The summed E-state index contributed by atoms with van der Waals surface area (Å²) in [5.74, 6) is -1.52. The molecule has 0 aliphatic carbocycles. The number of amides is 2. The Kier molecular flexibility index (Phi) is 5.02. The van der Waals surface area contributed by atoms with Gasteiger partial charge in [-0.2, -0.15) is 13.2 Å². The standard InChI is InChI=1S/C14H15F3N2O3/c15-14(16,17)8-18-13(21)10-3-1-2-4-11(10)19-12(20)9-5-6-22-7-9/h1-4,9H,5-8H2,(H,18,21)(H,19,20)/t9-/m1/s1. The Morgan fingerprint density at radius 1 is 1.27 bits per heavy atom. The Labute approximate surface area is 124 Å². The van der Waals surface area contributed by atoms with Crippen molar-refractivity contribution in [3.63, 3.8) is 0 Å². The predicted octanol–water partition coefficient (Wildman–Crippen LogP) is 1.95. The molecule has 1 aliphatic heterocycles. The molecule has 1 heterocycles. The number of ether oxygens (including phenoxy) is 1. The number of hydrogen-bond donors (Lipinski definition) is 2. The van der Waals surface area contributed by atoms with E-state index in [2.05, 4.69) is 5.32 Å². The van der Waals surface area contributed by atoms with E-state index < -0.39 is 18.6 Å². The van der Waals surface area contributed by atoms with Crippen LogP contribution in [-0.4, -0.2) is 37.7 Å². The lowest BCUT2D eigenvalue weighted by molar-refractivity contribution is -0.123. The van der Waals surface area contributed by atoms with Gasteiger partial charge in [-0.1, -0.05) is 12.1 Å². The van der Waals surface area contributed by atoms with Crippen LogP contribution in [0.4, 0.5) is 18.9 Å². The van der Waals surface area contributed by atoms with Gasteiger partial charge in [-0.15, -0.1) is 0 Å². The van der Waals surface area contributed by atoms with Crippen LogP contribution in [0.3, 0.4) is 0 Å². The van der Waals surface area contributed by atoms with Crippen molar-refractivity contribution in [3.8, 4) is 0 Å². The minimum absolute atomic E-state index is 0.0148. The molecular formula is C14H15F3N2O3. The number of hydrogen-bond acceptors (Lipinski definition) is 3. The number of alkyl halides is 3. The summed E-state index contributed by atoms with van der Waals surface area (Å²) in [6.45, 7) is -0.634. The molecule has 1 saturated heterocycles. The van der Waals surface area contributed by atoms with E-state index in [4.69, 9.17) is 4.74 Å². The molecule has 1 atom stereocenters. The van der Waals surface area contributed by atoms with E-state index in [9.17, 15) is 22.8 Å². The lowest BCUT2D eigenvalue weighted by Gasteiger charge is -2.14. The van der Waals surface area contributed by atoms with Gasteiger partial charge in [0.25, 0.3) is 5.91 Å². The lowest BCUT2D eigenvalue weighted by atomic mass is 10.1. The second-order valence-electron chi connectivity index (χ2n) is 4.89. The van der Waals surface area contributed by atoms with Crippen molar-refractivity contribution in [1.82, 2.24) is 5.32 Å². The fourth-order valence-electron chi connectivity index (χ4n) is 2.04. The first-order chi connectivity index (χ1) is 10.4. The number of anilines is 1. The third-order valence-corrected chi connectivity index (χ3v) is 3.18. The molecular weight excluding hydrogens is 301 g/mol. The highest BCUT2D eigenvalue weighted by Crippen LogP contribution is 2.20. The maximum Gasteiger partial charge on any atom is 0.405 e. The summed E-state index contributed by atoms with van der Waals surface area (Å²) in [6, 6.07) is 5.92. The summed E-state index contributed by atoms with van der Waals surface area (Å²) in [6.07, 6.45) is -3.91. The largest absolute Gasteiger partial charge is 0.405 e. The molecule has 0 bridgehead atoms. The van der Waals surface area contributed by atoms with Crippen LogP contribution < -0.4 is 10.6 Å². The van der Waals surface area contributed by atoms with E-state index in [0.29, 0.717) is 19.6 Å². The molecule has 0 unspecified atom stereocenters. The van der Waals surface area contributed by atoms with Crippen molar-refractivity contribution in [2.24, 2.45) is 5.92 Å². The molecule has 2 rings (SSSR count). The Bertz CT molecular complexity index is 555. The molecule has 120 valence electrons. The topological polar surface area (TPSA) is 67.4 Å². The Morgan fingerprint density at radius 3 is 2.64 bits per heavy atom.